The smallest absolute Gasteiger partial charge is 0.185 e. The largest absolute Gasteiger partial charge is 0.340 e. The Hall–Kier alpha value is -7.97. The Labute approximate surface area is 351 Å². The summed E-state index contributed by atoms with van der Waals surface area (Å²) in [7, 11) is 0. The summed E-state index contributed by atoms with van der Waals surface area (Å²) in [5.74, 6) is 1.23. The zero-order valence-electron chi connectivity index (χ0n) is 33.7. The van der Waals surface area contributed by atoms with Crippen molar-refractivity contribution in [3.05, 3.63) is 181 Å². The van der Waals surface area contributed by atoms with Gasteiger partial charge in [0, 0.05) is 47.9 Å². The maximum Gasteiger partial charge on any atom is 0.185 e. The van der Waals surface area contributed by atoms with Crippen molar-refractivity contribution in [2.45, 2.75) is 39.7 Å². The van der Waals surface area contributed by atoms with Gasteiger partial charge in [0.2, 0.25) is 0 Å². The summed E-state index contributed by atoms with van der Waals surface area (Å²) in [5, 5.41) is 8.39. The number of aldehydes is 1. The molecule has 0 amide bonds. The molecule has 0 radical (unpaired) electrons. The summed E-state index contributed by atoms with van der Waals surface area (Å²) in [5.41, 5.74) is 17.9. The van der Waals surface area contributed by atoms with Crippen LogP contribution < -0.4 is 5.73 Å². The van der Waals surface area contributed by atoms with E-state index < -0.39 is 0 Å². The number of pyridine rings is 4. The third kappa shape index (κ3) is 9.67. The van der Waals surface area contributed by atoms with Gasteiger partial charge in [-0.2, -0.15) is 10.2 Å². The van der Waals surface area contributed by atoms with Gasteiger partial charge in [-0.1, -0.05) is 72.8 Å². The normalized spacial score (nSPS) is 10.9. The van der Waals surface area contributed by atoms with E-state index in [0.717, 1.165) is 81.7 Å². The van der Waals surface area contributed by atoms with Gasteiger partial charge in [-0.15, -0.1) is 0 Å². The van der Waals surface area contributed by atoms with Crippen molar-refractivity contribution in [2.24, 2.45) is 5.73 Å². The third-order valence-corrected chi connectivity index (χ3v) is 9.77. The van der Waals surface area contributed by atoms with Crippen molar-refractivity contribution in [2.75, 3.05) is 0 Å². The van der Waals surface area contributed by atoms with E-state index in [1.165, 1.54) is 17.5 Å². The number of imidazole rings is 2. The van der Waals surface area contributed by atoms with E-state index >= 15 is 0 Å². The first-order valence-corrected chi connectivity index (χ1v) is 19.8. The zero-order chi connectivity index (χ0) is 42.0. The maximum atomic E-state index is 11.1. The molecule has 0 aliphatic rings. The minimum Gasteiger partial charge on any atom is -0.340 e. The number of H-pyrrole nitrogens is 2. The van der Waals surface area contributed by atoms with Crippen LogP contribution in [-0.2, 0) is 19.4 Å². The number of aromatic nitrogens is 12. The molecule has 0 saturated carbocycles. The van der Waals surface area contributed by atoms with E-state index in [0.29, 0.717) is 24.2 Å². The molecule has 0 bridgehead atoms. The summed E-state index contributed by atoms with van der Waals surface area (Å²) < 4.78 is 3.44. The Balaban J connectivity index is 0.000000146. The topological polar surface area (TPSA) is 187 Å². The third-order valence-electron chi connectivity index (χ3n) is 9.77. The Morgan fingerprint density at radius 3 is 1.64 bits per heavy atom. The number of nitrogens with one attached hydrogen (secondary N) is 2. The Morgan fingerprint density at radius 2 is 1.11 bits per heavy atom. The molecule has 0 spiro atoms. The van der Waals surface area contributed by atoms with Crippen LogP contribution in [0.4, 0.5) is 0 Å². The molecule has 10 aromatic rings. The molecule has 0 unspecified atom stereocenters. The Bertz CT molecular complexity index is 3000. The second-order valence-corrected chi connectivity index (χ2v) is 14.2. The van der Waals surface area contributed by atoms with Crippen molar-refractivity contribution >= 4 is 17.6 Å². The maximum absolute atomic E-state index is 11.1. The van der Waals surface area contributed by atoms with Crippen LogP contribution in [-0.4, -0.2) is 65.4 Å². The van der Waals surface area contributed by atoms with Crippen molar-refractivity contribution in [1.82, 2.24) is 59.1 Å². The highest BCUT2D eigenvalue weighted by Gasteiger charge is 2.18. The number of carbonyl (C=O) groups is 1. The molecule has 0 aliphatic heterocycles. The van der Waals surface area contributed by atoms with Gasteiger partial charge in [0.15, 0.2) is 23.4 Å². The second-order valence-electron chi connectivity index (χ2n) is 14.2. The number of fused-ring (bicyclic) bond motifs is 2. The molecule has 4 N–H and O–H groups in total. The van der Waals surface area contributed by atoms with Gasteiger partial charge in [0.25, 0.3) is 0 Å². The van der Waals surface area contributed by atoms with E-state index in [1.807, 2.05) is 117 Å². The zero-order valence-corrected chi connectivity index (χ0v) is 33.7. The van der Waals surface area contributed by atoms with Crippen LogP contribution in [0.3, 0.4) is 0 Å². The summed E-state index contributed by atoms with van der Waals surface area (Å²) in [6.07, 6.45) is 10.5. The average molecular weight is 806 g/mol. The Morgan fingerprint density at radius 1 is 0.574 bits per heavy atom. The van der Waals surface area contributed by atoms with Crippen molar-refractivity contribution < 1.29 is 4.79 Å². The van der Waals surface area contributed by atoms with E-state index in [-0.39, 0.29) is 5.82 Å². The Kier molecular flexibility index (Phi) is 12.2. The average Bonchev–Trinajstić information content (AvgIpc) is 4.14. The molecule has 0 aliphatic carbocycles. The van der Waals surface area contributed by atoms with Gasteiger partial charge in [-0.05, 0) is 86.3 Å². The SMILES string of the molecule is Cc1cccc(-c2[nH]c(C=O)nc2-c2ccc3ncnn3c2)n1.Cc1cccc(-c2[nH]c(CCCc3ccccc3)nc2-c2ccc3ncnn3c2)n1.NCc1ccccc1. The molecule has 10 rings (SSSR count). The molecule has 2 aromatic carbocycles. The number of rotatable bonds is 10. The molecule has 14 heteroatoms. The van der Waals surface area contributed by atoms with Crippen LogP contribution in [0.25, 0.3) is 56.6 Å². The van der Waals surface area contributed by atoms with Crippen molar-refractivity contribution in [1.29, 1.82) is 0 Å². The van der Waals surface area contributed by atoms with Gasteiger partial charge >= 0.3 is 0 Å². The lowest BCUT2D eigenvalue weighted by Crippen LogP contribution is -1.94. The van der Waals surface area contributed by atoms with Crippen LogP contribution >= 0.6 is 0 Å². The number of nitrogens with two attached hydrogens (primary N) is 1. The predicted octanol–water partition coefficient (Wildman–Crippen LogP) is 8.11. The van der Waals surface area contributed by atoms with Gasteiger partial charge < -0.3 is 15.7 Å². The van der Waals surface area contributed by atoms with Crippen molar-refractivity contribution in [3.8, 4) is 45.3 Å². The fourth-order valence-electron chi connectivity index (χ4n) is 6.77. The lowest BCUT2D eigenvalue weighted by atomic mass is 10.1. The number of aryl methyl sites for hydroxylation is 4. The standard InChI is InChI=1S/C24H22N6.C16H12N6O.C7H9N/c1-17-7-5-11-20(27-17)24-23(19-13-14-22-25-16-26-30(22)15-19)28-21(29-24)12-6-10-18-8-3-2-4-9-18;1-10-3-2-4-12(19-10)16-15(20-13(8-23)21-16)11-5-6-14-17-9-18-22(14)7-11;8-6-7-4-2-1-3-5-7/h2-5,7-9,11,13-16H,6,10,12H2,1H3,(H,28,29);2-9H,1H3,(H,20,21);1-5H,6,8H2. The van der Waals surface area contributed by atoms with Gasteiger partial charge in [-0.3, -0.25) is 14.8 Å². The summed E-state index contributed by atoms with van der Waals surface area (Å²) in [6, 6.07) is 40.1. The van der Waals surface area contributed by atoms with Gasteiger partial charge in [0.05, 0.1) is 28.5 Å². The molecule has 0 fully saturated rings. The van der Waals surface area contributed by atoms with Crippen LogP contribution in [0, 0.1) is 13.8 Å². The van der Waals surface area contributed by atoms with E-state index in [9.17, 15) is 4.79 Å². The van der Waals surface area contributed by atoms with Crippen molar-refractivity contribution in [3.63, 3.8) is 0 Å². The summed E-state index contributed by atoms with van der Waals surface area (Å²) in [4.78, 5) is 44.6. The second kappa shape index (κ2) is 18.7. The number of benzene rings is 2. The monoisotopic (exact) mass is 805 g/mol. The van der Waals surface area contributed by atoms with Gasteiger partial charge in [-0.25, -0.2) is 29.0 Å². The number of aromatic amines is 2. The molecular formula is C47H43N13O. The molecule has 0 saturated heterocycles. The molecule has 302 valence electrons. The fourth-order valence-corrected chi connectivity index (χ4v) is 6.77. The molecule has 14 nitrogen and oxygen atoms in total. The van der Waals surface area contributed by atoms with E-state index in [1.54, 1.807) is 15.4 Å². The minimum atomic E-state index is 0.261. The van der Waals surface area contributed by atoms with Crippen LogP contribution in [0.2, 0.25) is 0 Å². The van der Waals surface area contributed by atoms with E-state index in [4.69, 9.17) is 15.7 Å². The van der Waals surface area contributed by atoms with Crippen LogP contribution in [0.5, 0.6) is 0 Å². The highest BCUT2D eigenvalue weighted by Crippen LogP contribution is 2.31. The molecule has 8 heterocycles. The quantitative estimate of drug-likeness (QED) is 0.114. The number of hydrogen-bond acceptors (Lipinski definition) is 10. The molecule has 8 aromatic heterocycles. The first-order valence-electron chi connectivity index (χ1n) is 19.8. The van der Waals surface area contributed by atoms with Crippen LogP contribution in [0.1, 0.15) is 45.4 Å². The fraction of sp³-hybridized carbons (Fsp3) is 0.128. The molecule has 61 heavy (non-hydrogen) atoms. The number of carbonyl (C=O) groups excluding carboxylic acids is 1. The number of nitrogens with zero attached hydrogens (tertiary/aromatic N) is 10. The molecule has 0 atom stereocenters. The summed E-state index contributed by atoms with van der Waals surface area (Å²) in [6.45, 7) is 4.56. The van der Waals surface area contributed by atoms with Gasteiger partial charge in [0.1, 0.15) is 24.2 Å². The molecular weight excluding hydrogens is 763 g/mol. The van der Waals surface area contributed by atoms with Crippen LogP contribution in [0.15, 0.2) is 146 Å². The lowest BCUT2D eigenvalue weighted by Gasteiger charge is -2.04. The summed E-state index contributed by atoms with van der Waals surface area (Å²) >= 11 is 0. The number of hydrogen-bond donors (Lipinski definition) is 3. The minimum absolute atomic E-state index is 0.261. The highest BCUT2D eigenvalue weighted by atomic mass is 16.1. The first-order chi connectivity index (χ1) is 29.9. The predicted molar refractivity (Wildman–Crippen MR) is 235 cm³/mol. The lowest BCUT2D eigenvalue weighted by molar-refractivity contribution is 0.111. The van der Waals surface area contributed by atoms with E-state index in [2.05, 4.69) is 70.4 Å². The first kappa shape index (κ1) is 39.8. The highest BCUT2D eigenvalue weighted by molar-refractivity contribution is 5.82.